The van der Waals surface area contributed by atoms with E-state index < -0.39 is 0 Å². The van der Waals surface area contributed by atoms with Crippen LogP contribution < -0.4 is 4.74 Å². The van der Waals surface area contributed by atoms with Crippen LogP contribution >= 0.6 is 15.9 Å². The average Bonchev–Trinajstić information content (AvgIpc) is 2.03. The van der Waals surface area contributed by atoms with Crippen LogP contribution in [0.5, 0.6) is 5.75 Å². The Bertz CT molecular complexity index is 223. The van der Waals surface area contributed by atoms with Gasteiger partial charge in [0.2, 0.25) is 0 Å². The Balaban J connectivity index is 3.02. The van der Waals surface area contributed by atoms with Crippen molar-refractivity contribution in [3.63, 3.8) is 0 Å². The van der Waals surface area contributed by atoms with Gasteiger partial charge in [-0.05, 0) is 30.2 Å². The van der Waals surface area contributed by atoms with Crippen LogP contribution in [0.25, 0.3) is 0 Å². The van der Waals surface area contributed by atoms with Crippen molar-refractivity contribution < 1.29 is 4.74 Å². The van der Waals surface area contributed by atoms with Crippen LogP contribution in [0.2, 0.25) is 0 Å². The number of hydrogen-bond donors (Lipinski definition) is 0. The maximum atomic E-state index is 5.11. The number of halogens is 1. The predicted octanol–water partition coefficient (Wildman–Crippen LogP) is 3.02. The molecule has 1 aromatic rings. The van der Waals surface area contributed by atoms with Crippen LogP contribution in [0.15, 0.2) is 22.7 Å². The van der Waals surface area contributed by atoms with Gasteiger partial charge in [0, 0.05) is 4.47 Å². The molecule has 0 radical (unpaired) electrons. The smallest absolute Gasteiger partial charge is 0.120 e. The number of rotatable bonds is 2. The molecule has 1 nitrogen and oxygen atoms in total. The molecular formula is C9H11BrO. The number of benzene rings is 1. The van der Waals surface area contributed by atoms with E-state index >= 15 is 0 Å². The molecule has 0 fully saturated rings. The topological polar surface area (TPSA) is 9.23 Å². The highest BCUT2D eigenvalue weighted by Gasteiger charge is 1.96. The van der Waals surface area contributed by atoms with Crippen molar-refractivity contribution in [1.82, 2.24) is 0 Å². The number of aryl methyl sites for hydroxylation is 1. The summed E-state index contributed by atoms with van der Waals surface area (Å²) in [5, 5.41) is 0. The molecule has 0 unspecified atom stereocenters. The summed E-state index contributed by atoms with van der Waals surface area (Å²) in [5.41, 5.74) is 1.29. The van der Waals surface area contributed by atoms with E-state index in [4.69, 9.17) is 4.74 Å². The quantitative estimate of drug-likeness (QED) is 0.736. The summed E-state index contributed by atoms with van der Waals surface area (Å²) in [5.74, 6) is 0.913. The summed E-state index contributed by atoms with van der Waals surface area (Å²) in [6.07, 6.45) is 1.04. The Morgan fingerprint density at radius 2 is 2.09 bits per heavy atom. The van der Waals surface area contributed by atoms with Crippen LogP contribution in [-0.2, 0) is 6.42 Å². The maximum absolute atomic E-state index is 5.11. The second kappa shape index (κ2) is 3.77. The van der Waals surface area contributed by atoms with Crippen molar-refractivity contribution in [2.75, 3.05) is 7.11 Å². The predicted molar refractivity (Wildman–Crippen MR) is 50.1 cm³/mol. The molecule has 0 atom stereocenters. The third kappa shape index (κ3) is 2.22. The molecule has 11 heavy (non-hydrogen) atoms. The summed E-state index contributed by atoms with van der Waals surface area (Å²) in [6, 6.07) is 6.10. The molecule has 0 aromatic heterocycles. The minimum Gasteiger partial charge on any atom is -0.497 e. The molecule has 0 spiro atoms. The van der Waals surface area contributed by atoms with Crippen LogP contribution in [0.3, 0.4) is 0 Å². The van der Waals surface area contributed by atoms with Gasteiger partial charge in [0.15, 0.2) is 0 Å². The Labute approximate surface area is 75.5 Å². The highest BCUT2D eigenvalue weighted by Crippen LogP contribution is 2.21. The molecule has 0 heterocycles. The molecule has 0 aliphatic heterocycles. The molecule has 0 saturated heterocycles. The normalized spacial score (nSPS) is 9.73. The zero-order valence-corrected chi connectivity index (χ0v) is 8.31. The van der Waals surface area contributed by atoms with E-state index in [1.807, 2.05) is 12.1 Å². The van der Waals surface area contributed by atoms with E-state index in [-0.39, 0.29) is 0 Å². The summed E-state index contributed by atoms with van der Waals surface area (Å²) >= 11 is 3.41. The van der Waals surface area contributed by atoms with Crippen LogP contribution in [0.1, 0.15) is 12.5 Å². The third-order valence-electron chi connectivity index (χ3n) is 1.58. The highest BCUT2D eigenvalue weighted by molar-refractivity contribution is 9.10. The van der Waals surface area contributed by atoms with Gasteiger partial charge in [0.05, 0.1) is 7.11 Å². The fraction of sp³-hybridized carbons (Fsp3) is 0.333. The third-order valence-corrected chi connectivity index (χ3v) is 2.03. The van der Waals surface area contributed by atoms with E-state index in [1.165, 1.54) is 5.56 Å². The number of ether oxygens (including phenoxy) is 1. The Morgan fingerprint density at radius 1 is 1.36 bits per heavy atom. The first-order valence-electron chi connectivity index (χ1n) is 3.59. The minimum absolute atomic E-state index is 0.913. The Morgan fingerprint density at radius 3 is 2.64 bits per heavy atom. The fourth-order valence-electron chi connectivity index (χ4n) is 0.943. The molecule has 1 aromatic carbocycles. The lowest BCUT2D eigenvalue weighted by Gasteiger charge is -2.02. The standard InChI is InChI=1S/C9H11BrO/c1-3-7-4-8(10)6-9(5-7)11-2/h4-6H,3H2,1-2H3. The van der Waals surface area contributed by atoms with E-state index in [0.717, 1.165) is 16.6 Å². The second-order valence-electron chi connectivity index (χ2n) is 2.35. The van der Waals surface area contributed by atoms with Gasteiger partial charge >= 0.3 is 0 Å². The zero-order chi connectivity index (χ0) is 8.27. The van der Waals surface area contributed by atoms with Gasteiger partial charge in [0.25, 0.3) is 0 Å². The molecule has 0 N–H and O–H groups in total. The molecule has 0 aliphatic rings. The first kappa shape index (κ1) is 8.60. The zero-order valence-electron chi connectivity index (χ0n) is 6.73. The molecule has 0 amide bonds. The molecule has 60 valence electrons. The molecule has 0 aliphatic carbocycles. The first-order valence-corrected chi connectivity index (χ1v) is 4.39. The lowest BCUT2D eigenvalue weighted by molar-refractivity contribution is 0.414. The van der Waals surface area contributed by atoms with E-state index in [2.05, 4.69) is 28.9 Å². The Hall–Kier alpha value is -0.500. The van der Waals surface area contributed by atoms with Crippen LogP contribution in [-0.4, -0.2) is 7.11 Å². The van der Waals surface area contributed by atoms with Gasteiger partial charge in [-0.3, -0.25) is 0 Å². The lowest BCUT2D eigenvalue weighted by atomic mass is 10.2. The first-order chi connectivity index (χ1) is 5.26. The molecule has 2 heteroatoms. The Kier molecular flexibility index (Phi) is 2.94. The average molecular weight is 215 g/mol. The van der Waals surface area contributed by atoms with Gasteiger partial charge in [-0.1, -0.05) is 22.9 Å². The molecular weight excluding hydrogens is 204 g/mol. The van der Waals surface area contributed by atoms with Crippen molar-refractivity contribution >= 4 is 15.9 Å². The largest absolute Gasteiger partial charge is 0.497 e. The monoisotopic (exact) mass is 214 g/mol. The van der Waals surface area contributed by atoms with E-state index in [9.17, 15) is 0 Å². The van der Waals surface area contributed by atoms with Crippen LogP contribution in [0, 0.1) is 0 Å². The minimum atomic E-state index is 0.913. The maximum Gasteiger partial charge on any atom is 0.120 e. The van der Waals surface area contributed by atoms with Crippen molar-refractivity contribution in [1.29, 1.82) is 0 Å². The summed E-state index contributed by atoms with van der Waals surface area (Å²) in [6.45, 7) is 2.13. The number of methoxy groups -OCH3 is 1. The van der Waals surface area contributed by atoms with Gasteiger partial charge < -0.3 is 4.74 Å². The molecule has 0 bridgehead atoms. The van der Waals surface area contributed by atoms with Gasteiger partial charge in [-0.2, -0.15) is 0 Å². The van der Waals surface area contributed by atoms with Gasteiger partial charge in [-0.15, -0.1) is 0 Å². The second-order valence-corrected chi connectivity index (χ2v) is 3.27. The highest BCUT2D eigenvalue weighted by atomic mass is 79.9. The van der Waals surface area contributed by atoms with Crippen LogP contribution in [0.4, 0.5) is 0 Å². The molecule has 1 rings (SSSR count). The van der Waals surface area contributed by atoms with Gasteiger partial charge in [-0.25, -0.2) is 0 Å². The van der Waals surface area contributed by atoms with Gasteiger partial charge in [0.1, 0.15) is 5.75 Å². The summed E-state index contributed by atoms with van der Waals surface area (Å²) < 4.78 is 6.18. The fourth-order valence-corrected chi connectivity index (χ4v) is 1.46. The summed E-state index contributed by atoms with van der Waals surface area (Å²) in [7, 11) is 1.68. The number of hydrogen-bond acceptors (Lipinski definition) is 1. The van der Waals surface area contributed by atoms with Crippen molar-refractivity contribution in [2.45, 2.75) is 13.3 Å². The SMILES string of the molecule is CCc1cc(Br)cc(OC)c1. The summed E-state index contributed by atoms with van der Waals surface area (Å²) in [4.78, 5) is 0. The lowest BCUT2D eigenvalue weighted by Crippen LogP contribution is -1.85. The van der Waals surface area contributed by atoms with Crippen molar-refractivity contribution in [3.8, 4) is 5.75 Å². The van der Waals surface area contributed by atoms with E-state index in [0.29, 0.717) is 0 Å². The van der Waals surface area contributed by atoms with Crippen molar-refractivity contribution in [3.05, 3.63) is 28.2 Å². The molecule has 0 saturated carbocycles. The van der Waals surface area contributed by atoms with E-state index in [1.54, 1.807) is 7.11 Å². The van der Waals surface area contributed by atoms with Crippen molar-refractivity contribution in [2.24, 2.45) is 0 Å².